The fraction of sp³-hybridized carbons (Fsp3) is 0.500. The second-order valence-electron chi connectivity index (χ2n) is 5.65. The highest BCUT2D eigenvalue weighted by atomic mass is 16.4. The molecule has 0 atom stereocenters. The molecule has 2 rings (SSSR count). The Labute approximate surface area is 125 Å². The summed E-state index contributed by atoms with van der Waals surface area (Å²) in [6.07, 6.45) is 3.30. The van der Waals surface area contributed by atoms with Crippen LogP contribution in [0.4, 0.5) is 10.5 Å². The zero-order valence-corrected chi connectivity index (χ0v) is 12.6. The van der Waals surface area contributed by atoms with E-state index in [1.165, 1.54) is 18.9 Å². The van der Waals surface area contributed by atoms with Crippen LogP contribution in [0.3, 0.4) is 0 Å². The fourth-order valence-electron chi connectivity index (χ4n) is 2.29. The third-order valence-corrected chi connectivity index (χ3v) is 3.68. The molecule has 1 aliphatic rings. The maximum absolute atomic E-state index is 12.3. The number of rotatable bonds is 6. The van der Waals surface area contributed by atoms with Gasteiger partial charge in [-0.15, -0.1) is 0 Å². The number of benzene rings is 1. The maximum atomic E-state index is 12.3. The van der Waals surface area contributed by atoms with Gasteiger partial charge >= 0.3 is 12.0 Å². The van der Waals surface area contributed by atoms with Crippen molar-refractivity contribution < 1.29 is 14.7 Å². The number of carboxylic acid groups (broad SMARTS) is 1. The van der Waals surface area contributed by atoms with Gasteiger partial charge < -0.3 is 15.3 Å². The van der Waals surface area contributed by atoms with E-state index in [2.05, 4.69) is 5.32 Å². The van der Waals surface area contributed by atoms with Crippen LogP contribution >= 0.6 is 0 Å². The number of anilines is 1. The van der Waals surface area contributed by atoms with Gasteiger partial charge in [-0.25, -0.2) is 9.59 Å². The van der Waals surface area contributed by atoms with Gasteiger partial charge in [0.2, 0.25) is 0 Å². The van der Waals surface area contributed by atoms with Crippen LogP contribution in [0.2, 0.25) is 0 Å². The van der Waals surface area contributed by atoms with E-state index in [1.807, 2.05) is 11.8 Å². The molecule has 0 saturated heterocycles. The van der Waals surface area contributed by atoms with Gasteiger partial charge in [-0.2, -0.15) is 0 Å². The van der Waals surface area contributed by atoms with Crippen molar-refractivity contribution in [3.63, 3.8) is 0 Å². The van der Waals surface area contributed by atoms with Crippen LogP contribution in [0.1, 0.15) is 42.1 Å². The predicted molar refractivity (Wildman–Crippen MR) is 81.7 cm³/mol. The number of nitrogens with zero attached hydrogens (tertiary/aromatic N) is 1. The van der Waals surface area contributed by atoms with Gasteiger partial charge in [0.25, 0.3) is 0 Å². The van der Waals surface area contributed by atoms with Crippen molar-refractivity contribution in [3.8, 4) is 0 Å². The molecule has 5 nitrogen and oxygen atoms in total. The predicted octanol–water partition coefficient (Wildman–Crippen LogP) is 3.35. The van der Waals surface area contributed by atoms with Crippen molar-refractivity contribution in [2.24, 2.45) is 5.92 Å². The summed E-state index contributed by atoms with van der Waals surface area (Å²) in [6.45, 7) is 5.30. The standard InChI is InChI=1S/C16H22N2O3/c1-3-8-18(10-12-5-6-12)16(21)17-13-7-4-11(2)14(9-13)15(19)20/h4,7,9,12H,3,5-6,8,10H2,1-2H3,(H,17,21)(H,19,20). The third-order valence-electron chi connectivity index (χ3n) is 3.68. The highest BCUT2D eigenvalue weighted by Crippen LogP contribution is 2.30. The molecule has 0 heterocycles. The van der Waals surface area contributed by atoms with E-state index < -0.39 is 5.97 Å². The number of nitrogens with one attached hydrogen (secondary N) is 1. The molecule has 0 aliphatic heterocycles. The zero-order chi connectivity index (χ0) is 15.4. The minimum Gasteiger partial charge on any atom is -0.478 e. The molecule has 114 valence electrons. The molecular weight excluding hydrogens is 268 g/mol. The van der Waals surface area contributed by atoms with E-state index in [0.717, 1.165) is 19.5 Å². The van der Waals surface area contributed by atoms with E-state index >= 15 is 0 Å². The van der Waals surface area contributed by atoms with E-state index in [1.54, 1.807) is 19.1 Å². The summed E-state index contributed by atoms with van der Waals surface area (Å²) in [6, 6.07) is 4.81. The van der Waals surface area contributed by atoms with Crippen LogP contribution < -0.4 is 5.32 Å². The zero-order valence-electron chi connectivity index (χ0n) is 12.6. The van der Waals surface area contributed by atoms with Crippen molar-refractivity contribution in [2.45, 2.75) is 33.1 Å². The lowest BCUT2D eigenvalue weighted by molar-refractivity contribution is 0.0696. The van der Waals surface area contributed by atoms with Gasteiger partial charge in [0, 0.05) is 18.8 Å². The van der Waals surface area contributed by atoms with Crippen LogP contribution in [-0.4, -0.2) is 35.1 Å². The molecule has 1 aromatic rings. The summed E-state index contributed by atoms with van der Waals surface area (Å²) in [5, 5.41) is 11.9. The summed E-state index contributed by atoms with van der Waals surface area (Å²) >= 11 is 0. The fourth-order valence-corrected chi connectivity index (χ4v) is 2.29. The van der Waals surface area contributed by atoms with Crippen LogP contribution in [-0.2, 0) is 0 Å². The highest BCUT2D eigenvalue weighted by molar-refractivity contribution is 5.94. The molecule has 0 radical (unpaired) electrons. The van der Waals surface area contributed by atoms with Crippen molar-refractivity contribution in [1.82, 2.24) is 4.90 Å². The van der Waals surface area contributed by atoms with Gasteiger partial charge in [-0.05, 0) is 49.8 Å². The molecule has 0 bridgehead atoms. The summed E-state index contributed by atoms with van der Waals surface area (Å²) in [4.78, 5) is 25.2. The Bertz CT molecular complexity index is 538. The molecule has 1 aliphatic carbocycles. The monoisotopic (exact) mass is 290 g/mol. The van der Waals surface area contributed by atoms with Crippen molar-refractivity contribution in [2.75, 3.05) is 18.4 Å². The van der Waals surface area contributed by atoms with Crippen LogP contribution in [0.25, 0.3) is 0 Å². The SMILES string of the molecule is CCCN(CC1CC1)C(=O)Nc1ccc(C)c(C(=O)O)c1. The molecule has 0 spiro atoms. The molecule has 21 heavy (non-hydrogen) atoms. The van der Waals surface area contributed by atoms with Crippen molar-refractivity contribution in [3.05, 3.63) is 29.3 Å². The molecule has 5 heteroatoms. The molecule has 1 fully saturated rings. The lowest BCUT2D eigenvalue weighted by atomic mass is 10.1. The van der Waals surface area contributed by atoms with E-state index in [-0.39, 0.29) is 11.6 Å². The quantitative estimate of drug-likeness (QED) is 0.844. The largest absolute Gasteiger partial charge is 0.478 e. The second kappa shape index (κ2) is 6.61. The Balaban J connectivity index is 2.06. The number of carboxylic acids is 1. The molecule has 2 N–H and O–H groups in total. The molecule has 1 saturated carbocycles. The van der Waals surface area contributed by atoms with Gasteiger partial charge in [0.1, 0.15) is 0 Å². The van der Waals surface area contributed by atoms with Gasteiger partial charge in [0.15, 0.2) is 0 Å². The first-order valence-corrected chi connectivity index (χ1v) is 7.41. The average Bonchev–Trinajstić information content (AvgIpc) is 3.24. The summed E-state index contributed by atoms with van der Waals surface area (Å²) in [5.74, 6) is -0.345. The normalized spacial score (nSPS) is 13.8. The first-order valence-electron chi connectivity index (χ1n) is 7.41. The summed E-state index contributed by atoms with van der Waals surface area (Å²) < 4.78 is 0. The number of hydrogen-bond donors (Lipinski definition) is 2. The maximum Gasteiger partial charge on any atom is 0.336 e. The Morgan fingerprint density at radius 1 is 1.38 bits per heavy atom. The lowest BCUT2D eigenvalue weighted by Gasteiger charge is -2.22. The number of carbonyl (C=O) groups excluding carboxylic acids is 1. The Morgan fingerprint density at radius 3 is 2.67 bits per heavy atom. The minimum atomic E-state index is -0.980. The topological polar surface area (TPSA) is 69.6 Å². The Morgan fingerprint density at radius 2 is 2.10 bits per heavy atom. The van der Waals surface area contributed by atoms with Crippen LogP contribution in [0, 0.1) is 12.8 Å². The number of carbonyl (C=O) groups is 2. The van der Waals surface area contributed by atoms with E-state index in [4.69, 9.17) is 5.11 Å². The summed E-state index contributed by atoms with van der Waals surface area (Å²) in [7, 11) is 0. The van der Waals surface area contributed by atoms with Gasteiger partial charge in [-0.3, -0.25) is 0 Å². The van der Waals surface area contributed by atoms with Gasteiger partial charge in [-0.1, -0.05) is 13.0 Å². The lowest BCUT2D eigenvalue weighted by Crippen LogP contribution is -2.37. The number of amides is 2. The number of aryl methyl sites for hydroxylation is 1. The number of urea groups is 1. The van der Waals surface area contributed by atoms with E-state index in [9.17, 15) is 9.59 Å². The first-order chi connectivity index (χ1) is 10.0. The molecule has 0 unspecified atom stereocenters. The average molecular weight is 290 g/mol. The molecule has 1 aromatic carbocycles. The molecule has 2 amide bonds. The Kier molecular flexibility index (Phi) is 4.83. The number of aromatic carboxylic acids is 1. The van der Waals surface area contributed by atoms with Crippen molar-refractivity contribution >= 4 is 17.7 Å². The molecular formula is C16H22N2O3. The van der Waals surface area contributed by atoms with Crippen LogP contribution in [0.5, 0.6) is 0 Å². The molecule has 0 aromatic heterocycles. The Hall–Kier alpha value is -2.04. The highest BCUT2D eigenvalue weighted by Gasteiger charge is 2.26. The van der Waals surface area contributed by atoms with Gasteiger partial charge in [0.05, 0.1) is 5.56 Å². The number of hydrogen-bond acceptors (Lipinski definition) is 2. The second-order valence-corrected chi connectivity index (χ2v) is 5.65. The smallest absolute Gasteiger partial charge is 0.336 e. The van der Waals surface area contributed by atoms with E-state index in [0.29, 0.717) is 17.2 Å². The van der Waals surface area contributed by atoms with Crippen LogP contribution in [0.15, 0.2) is 18.2 Å². The summed E-state index contributed by atoms with van der Waals surface area (Å²) in [5.41, 5.74) is 1.43. The minimum absolute atomic E-state index is 0.149. The van der Waals surface area contributed by atoms with Crippen molar-refractivity contribution in [1.29, 1.82) is 0 Å². The third kappa shape index (κ3) is 4.21. The first kappa shape index (κ1) is 15.4.